The average molecular weight is 393 g/mol. The number of nitriles is 1. The summed E-state index contributed by atoms with van der Waals surface area (Å²) in [7, 11) is 0. The van der Waals surface area contributed by atoms with Gasteiger partial charge >= 0.3 is 6.03 Å². The molecule has 0 radical (unpaired) electrons. The summed E-state index contributed by atoms with van der Waals surface area (Å²) in [5.41, 5.74) is 3.14. The molecule has 2 amide bonds. The Kier molecular flexibility index (Phi) is 4.63. The van der Waals surface area contributed by atoms with Gasteiger partial charge in [0.15, 0.2) is 5.78 Å². The highest BCUT2D eigenvalue weighted by molar-refractivity contribution is 6.08. The van der Waals surface area contributed by atoms with Crippen LogP contribution in [0.15, 0.2) is 53.7 Å². The third-order valence-electron chi connectivity index (χ3n) is 5.32. The lowest BCUT2D eigenvalue weighted by Crippen LogP contribution is -2.47. The molecule has 0 fully saturated rings. The third kappa shape index (κ3) is 3.17. The van der Waals surface area contributed by atoms with E-state index in [4.69, 9.17) is 5.26 Å². The Morgan fingerprint density at radius 1 is 1.17 bits per heavy atom. The van der Waals surface area contributed by atoms with Crippen LogP contribution in [0, 0.1) is 18.3 Å². The number of urea groups is 1. The number of carbonyl (C=O) groups is 2. The quantitative estimate of drug-likeness (QED) is 0.822. The summed E-state index contributed by atoms with van der Waals surface area (Å²) < 4.78 is 26.2. The second kappa shape index (κ2) is 7.13. The number of benzene rings is 2. The van der Waals surface area contributed by atoms with Crippen molar-refractivity contribution in [1.29, 1.82) is 5.26 Å². The van der Waals surface area contributed by atoms with Crippen LogP contribution in [0.25, 0.3) is 0 Å². The molecular formula is C22H17F2N3O2. The molecular weight excluding hydrogens is 376 g/mol. The van der Waals surface area contributed by atoms with Crippen molar-refractivity contribution in [2.45, 2.75) is 32.2 Å². The molecule has 1 atom stereocenters. The van der Waals surface area contributed by atoms with Gasteiger partial charge in [0.25, 0.3) is 6.43 Å². The SMILES string of the molecule is Cc1cc(C#N)ccc1[C@H]1NC(=O)N(c2cccc(C(F)F)c2)C2=C1C(=O)CC2. The van der Waals surface area contributed by atoms with Gasteiger partial charge in [-0.1, -0.05) is 18.2 Å². The van der Waals surface area contributed by atoms with Gasteiger partial charge in [-0.15, -0.1) is 0 Å². The lowest BCUT2D eigenvalue weighted by molar-refractivity contribution is -0.115. The predicted octanol–water partition coefficient (Wildman–Crippen LogP) is 4.69. The Bertz CT molecular complexity index is 1100. The fraction of sp³-hybridized carbons (Fsp3) is 0.227. The predicted molar refractivity (Wildman–Crippen MR) is 102 cm³/mol. The van der Waals surface area contributed by atoms with Crippen molar-refractivity contribution in [3.63, 3.8) is 0 Å². The number of carbonyl (C=O) groups excluding carboxylic acids is 2. The van der Waals surface area contributed by atoms with Crippen LogP contribution in [0.1, 0.15) is 47.6 Å². The molecule has 7 heteroatoms. The van der Waals surface area contributed by atoms with E-state index in [1.54, 1.807) is 24.3 Å². The van der Waals surface area contributed by atoms with E-state index in [1.807, 2.05) is 6.92 Å². The molecule has 1 aliphatic carbocycles. The number of anilines is 1. The van der Waals surface area contributed by atoms with Gasteiger partial charge in [-0.3, -0.25) is 9.69 Å². The average Bonchev–Trinajstić information content (AvgIpc) is 3.08. The number of alkyl halides is 2. The highest BCUT2D eigenvalue weighted by Crippen LogP contribution is 2.41. The van der Waals surface area contributed by atoms with Crippen LogP contribution in [0.4, 0.5) is 19.3 Å². The number of hydrogen-bond donors (Lipinski definition) is 1. The minimum Gasteiger partial charge on any atom is -0.326 e. The third-order valence-corrected chi connectivity index (χ3v) is 5.32. The van der Waals surface area contributed by atoms with E-state index in [2.05, 4.69) is 11.4 Å². The first-order valence-electron chi connectivity index (χ1n) is 9.16. The number of nitrogens with zero attached hydrogens (tertiary/aromatic N) is 2. The van der Waals surface area contributed by atoms with Crippen molar-refractivity contribution in [2.75, 3.05) is 4.90 Å². The minimum absolute atomic E-state index is 0.0798. The number of halogens is 2. The molecule has 29 heavy (non-hydrogen) atoms. The second-order valence-electron chi connectivity index (χ2n) is 7.08. The van der Waals surface area contributed by atoms with Crippen LogP contribution in [0.2, 0.25) is 0 Å². The fourth-order valence-electron chi connectivity index (χ4n) is 3.98. The fourth-order valence-corrected chi connectivity index (χ4v) is 3.98. The summed E-state index contributed by atoms with van der Waals surface area (Å²) in [5.74, 6) is -0.0798. The van der Waals surface area contributed by atoms with Gasteiger partial charge in [0.2, 0.25) is 0 Å². The van der Waals surface area contributed by atoms with E-state index in [0.29, 0.717) is 28.9 Å². The topological polar surface area (TPSA) is 73.2 Å². The Labute approximate surface area is 166 Å². The normalized spacial score (nSPS) is 18.7. The summed E-state index contributed by atoms with van der Waals surface area (Å²) in [6.45, 7) is 1.82. The number of ketones is 1. The van der Waals surface area contributed by atoms with Gasteiger partial charge in [-0.2, -0.15) is 5.26 Å². The molecule has 146 valence electrons. The Morgan fingerprint density at radius 2 is 1.97 bits per heavy atom. The van der Waals surface area contributed by atoms with Crippen LogP contribution in [-0.4, -0.2) is 11.8 Å². The van der Waals surface area contributed by atoms with Crippen LogP contribution in [-0.2, 0) is 4.79 Å². The maximum atomic E-state index is 13.1. The molecule has 0 aromatic heterocycles. The van der Waals surface area contributed by atoms with Crippen molar-refractivity contribution in [3.8, 4) is 6.07 Å². The van der Waals surface area contributed by atoms with Crippen LogP contribution >= 0.6 is 0 Å². The van der Waals surface area contributed by atoms with Crippen molar-refractivity contribution in [1.82, 2.24) is 5.32 Å². The molecule has 2 aromatic carbocycles. The van der Waals surface area contributed by atoms with Gasteiger partial charge in [0.05, 0.1) is 23.4 Å². The van der Waals surface area contributed by atoms with Crippen LogP contribution < -0.4 is 10.2 Å². The van der Waals surface area contributed by atoms with Crippen molar-refractivity contribution < 1.29 is 18.4 Å². The van der Waals surface area contributed by atoms with Gasteiger partial charge in [-0.05, 0) is 48.7 Å². The number of allylic oxidation sites excluding steroid dienone is 1. The van der Waals surface area contributed by atoms with Gasteiger partial charge in [0.1, 0.15) is 0 Å². The molecule has 1 heterocycles. The number of aryl methyl sites for hydroxylation is 1. The number of rotatable bonds is 3. The minimum atomic E-state index is -2.66. The maximum absolute atomic E-state index is 13.1. The summed E-state index contributed by atoms with van der Waals surface area (Å²) in [4.78, 5) is 27.0. The van der Waals surface area contributed by atoms with E-state index in [1.165, 1.54) is 23.1 Å². The van der Waals surface area contributed by atoms with E-state index in [0.717, 1.165) is 11.1 Å². The van der Waals surface area contributed by atoms with Crippen molar-refractivity contribution >= 4 is 17.5 Å². The first-order valence-corrected chi connectivity index (χ1v) is 9.16. The van der Waals surface area contributed by atoms with Gasteiger partial charge < -0.3 is 5.32 Å². The lowest BCUT2D eigenvalue weighted by Gasteiger charge is -2.35. The Balaban J connectivity index is 1.82. The smallest absolute Gasteiger partial charge is 0.326 e. The highest BCUT2D eigenvalue weighted by Gasteiger charge is 2.41. The molecule has 2 aromatic rings. The van der Waals surface area contributed by atoms with Crippen LogP contribution in [0.3, 0.4) is 0 Å². The zero-order valence-corrected chi connectivity index (χ0v) is 15.6. The van der Waals surface area contributed by atoms with E-state index < -0.39 is 18.5 Å². The Hall–Kier alpha value is -3.53. The van der Waals surface area contributed by atoms with E-state index in [9.17, 15) is 18.4 Å². The lowest BCUT2D eigenvalue weighted by atomic mass is 9.91. The maximum Gasteiger partial charge on any atom is 0.327 e. The molecule has 0 spiro atoms. The van der Waals surface area contributed by atoms with Crippen molar-refractivity contribution in [3.05, 3.63) is 76.0 Å². The highest BCUT2D eigenvalue weighted by atomic mass is 19.3. The number of nitrogens with one attached hydrogen (secondary N) is 1. The molecule has 0 saturated carbocycles. The van der Waals surface area contributed by atoms with Gasteiger partial charge in [-0.25, -0.2) is 13.6 Å². The number of amides is 2. The zero-order valence-electron chi connectivity index (χ0n) is 15.6. The molecule has 4 rings (SSSR count). The van der Waals surface area contributed by atoms with Crippen molar-refractivity contribution in [2.24, 2.45) is 0 Å². The number of Topliss-reactive ketones (excluding diaryl/α,β-unsaturated/α-hetero) is 1. The van der Waals surface area contributed by atoms with Gasteiger partial charge in [0, 0.05) is 23.3 Å². The molecule has 1 N–H and O–H groups in total. The summed E-state index contributed by atoms with van der Waals surface area (Å²) in [5, 5.41) is 11.9. The number of hydrogen-bond acceptors (Lipinski definition) is 3. The standard InChI is InChI=1S/C22H17F2N3O2/c1-12-9-13(11-25)5-6-16(12)20-19-17(7-8-18(19)28)27(22(29)26-20)15-4-2-3-14(10-15)21(23)24/h2-6,9-10,20-21H,7-8H2,1H3,(H,26,29)/t20-/m1/s1. The summed E-state index contributed by atoms with van der Waals surface area (Å²) >= 11 is 0. The van der Waals surface area contributed by atoms with E-state index >= 15 is 0 Å². The largest absolute Gasteiger partial charge is 0.327 e. The molecule has 1 aliphatic heterocycles. The molecule has 0 saturated heterocycles. The van der Waals surface area contributed by atoms with Crippen LogP contribution in [0.5, 0.6) is 0 Å². The Morgan fingerprint density at radius 3 is 2.66 bits per heavy atom. The molecule has 0 bridgehead atoms. The summed E-state index contributed by atoms with van der Waals surface area (Å²) in [6.07, 6.45) is -2.03. The second-order valence-corrected chi connectivity index (χ2v) is 7.08. The molecule has 0 unspecified atom stereocenters. The van der Waals surface area contributed by atoms with E-state index in [-0.39, 0.29) is 17.8 Å². The first kappa shape index (κ1) is 18.8. The molecule has 2 aliphatic rings. The summed E-state index contributed by atoms with van der Waals surface area (Å²) in [6, 6.07) is 11.7. The monoisotopic (exact) mass is 393 g/mol. The first-order chi connectivity index (χ1) is 13.9. The molecule has 5 nitrogen and oxygen atoms in total. The zero-order chi connectivity index (χ0) is 20.7.